The molecule has 1 amide bonds. The third-order valence-electron chi connectivity index (χ3n) is 3.55. The topological polar surface area (TPSA) is 75.6 Å². The Bertz CT molecular complexity index is 299. The maximum atomic E-state index is 12.0. The van der Waals surface area contributed by atoms with Crippen LogP contribution in [-0.4, -0.2) is 35.2 Å². The first kappa shape index (κ1) is 14.0. The van der Waals surface area contributed by atoms with E-state index in [4.69, 9.17) is 4.74 Å². The molecule has 1 rings (SSSR count). The van der Waals surface area contributed by atoms with Crippen LogP contribution in [0.15, 0.2) is 0 Å². The number of rotatable bonds is 5. The van der Waals surface area contributed by atoms with E-state index in [0.29, 0.717) is 25.9 Å². The number of hydrogen-bond donors (Lipinski definition) is 2. The zero-order valence-electron chi connectivity index (χ0n) is 10.7. The lowest BCUT2D eigenvalue weighted by molar-refractivity contribution is -0.148. The fourth-order valence-electron chi connectivity index (χ4n) is 2.12. The molecule has 1 fully saturated rings. The third-order valence-corrected chi connectivity index (χ3v) is 3.55. The van der Waals surface area contributed by atoms with Gasteiger partial charge in [-0.15, -0.1) is 0 Å². The molecule has 0 saturated carbocycles. The van der Waals surface area contributed by atoms with Gasteiger partial charge in [-0.25, -0.2) is 4.79 Å². The Hall–Kier alpha value is -1.10. The second-order valence-electron chi connectivity index (χ2n) is 4.66. The summed E-state index contributed by atoms with van der Waals surface area (Å²) in [6, 6.07) is 0. The summed E-state index contributed by atoms with van der Waals surface area (Å²) in [6.45, 7) is 5.84. The molecule has 2 N–H and O–H groups in total. The van der Waals surface area contributed by atoms with Crippen molar-refractivity contribution in [3.05, 3.63) is 0 Å². The minimum absolute atomic E-state index is 0.0771. The van der Waals surface area contributed by atoms with Crippen molar-refractivity contribution < 1.29 is 19.4 Å². The number of carboxylic acid groups (broad SMARTS) is 1. The van der Waals surface area contributed by atoms with Crippen LogP contribution in [0.4, 0.5) is 0 Å². The number of nitrogens with one attached hydrogen (secondary N) is 1. The molecule has 1 heterocycles. The average molecular weight is 243 g/mol. The van der Waals surface area contributed by atoms with E-state index in [0.717, 1.165) is 0 Å². The molecule has 17 heavy (non-hydrogen) atoms. The standard InChI is InChI=1S/C12H21NO4/c1-4-12(5-2,11(15)16)13-10(14)9-6-8(3)17-7-9/h8-9H,4-7H2,1-3H3,(H,13,14)(H,15,16). The molecule has 0 aromatic heterocycles. The normalized spacial score (nSPS) is 24.6. The second-order valence-corrected chi connectivity index (χ2v) is 4.66. The fraction of sp³-hybridized carbons (Fsp3) is 0.833. The number of ether oxygens (including phenoxy) is 1. The minimum atomic E-state index is -1.14. The minimum Gasteiger partial charge on any atom is -0.480 e. The van der Waals surface area contributed by atoms with Crippen molar-refractivity contribution in [3.8, 4) is 0 Å². The van der Waals surface area contributed by atoms with Crippen LogP contribution in [0.5, 0.6) is 0 Å². The van der Waals surface area contributed by atoms with Crippen molar-refractivity contribution in [1.82, 2.24) is 5.32 Å². The Morgan fingerprint density at radius 1 is 1.41 bits per heavy atom. The first-order valence-electron chi connectivity index (χ1n) is 6.12. The second kappa shape index (κ2) is 5.49. The van der Waals surface area contributed by atoms with Crippen molar-refractivity contribution in [2.45, 2.75) is 51.7 Å². The molecule has 1 saturated heterocycles. The highest BCUT2D eigenvalue weighted by Crippen LogP contribution is 2.22. The molecule has 0 aromatic rings. The van der Waals surface area contributed by atoms with Gasteiger partial charge in [0.05, 0.1) is 18.6 Å². The molecule has 5 heteroatoms. The zero-order valence-corrected chi connectivity index (χ0v) is 10.7. The Balaban J connectivity index is 2.68. The predicted molar refractivity (Wildman–Crippen MR) is 62.6 cm³/mol. The van der Waals surface area contributed by atoms with Gasteiger partial charge in [0.15, 0.2) is 0 Å². The Morgan fingerprint density at radius 3 is 2.35 bits per heavy atom. The van der Waals surface area contributed by atoms with Crippen LogP contribution >= 0.6 is 0 Å². The van der Waals surface area contributed by atoms with E-state index in [1.165, 1.54) is 0 Å². The van der Waals surface area contributed by atoms with Crippen LogP contribution < -0.4 is 5.32 Å². The van der Waals surface area contributed by atoms with E-state index in [2.05, 4.69) is 5.32 Å². The van der Waals surface area contributed by atoms with Gasteiger partial charge < -0.3 is 15.2 Å². The van der Waals surface area contributed by atoms with E-state index in [-0.39, 0.29) is 17.9 Å². The quantitative estimate of drug-likeness (QED) is 0.760. The van der Waals surface area contributed by atoms with E-state index < -0.39 is 11.5 Å². The smallest absolute Gasteiger partial charge is 0.329 e. The molecule has 2 unspecified atom stereocenters. The average Bonchev–Trinajstić information content (AvgIpc) is 2.72. The van der Waals surface area contributed by atoms with Gasteiger partial charge in [-0.05, 0) is 26.2 Å². The van der Waals surface area contributed by atoms with Gasteiger partial charge in [-0.3, -0.25) is 4.79 Å². The molecule has 0 spiro atoms. The van der Waals surface area contributed by atoms with Gasteiger partial charge in [-0.1, -0.05) is 13.8 Å². The highest BCUT2D eigenvalue weighted by atomic mass is 16.5. The predicted octanol–water partition coefficient (Wildman–Crippen LogP) is 1.17. The molecule has 0 aromatic carbocycles. The molecule has 0 aliphatic carbocycles. The molecule has 1 aliphatic heterocycles. The van der Waals surface area contributed by atoms with Crippen molar-refractivity contribution in [3.63, 3.8) is 0 Å². The summed E-state index contributed by atoms with van der Waals surface area (Å²) in [7, 11) is 0. The van der Waals surface area contributed by atoms with E-state index in [1.807, 2.05) is 6.92 Å². The highest BCUT2D eigenvalue weighted by molar-refractivity contribution is 5.88. The van der Waals surface area contributed by atoms with Crippen LogP contribution in [-0.2, 0) is 14.3 Å². The number of carbonyl (C=O) groups is 2. The first-order chi connectivity index (χ1) is 7.95. The number of carbonyl (C=O) groups excluding carboxylic acids is 1. The van der Waals surface area contributed by atoms with Gasteiger partial charge >= 0.3 is 5.97 Å². The van der Waals surface area contributed by atoms with Gasteiger partial charge in [0.2, 0.25) is 5.91 Å². The molecule has 0 bridgehead atoms. The summed E-state index contributed by atoms with van der Waals surface area (Å²) >= 11 is 0. The summed E-state index contributed by atoms with van der Waals surface area (Å²) in [5.41, 5.74) is -1.14. The molecule has 2 atom stereocenters. The van der Waals surface area contributed by atoms with Gasteiger partial charge in [0.1, 0.15) is 5.54 Å². The van der Waals surface area contributed by atoms with Crippen LogP contribution in [0, 0.1) is 5.92 Å². The lowest BCUT2D eigenvalue weighted by atomic mass is 9.91. The summed E-state index contributed by atoms with van der Waals surface area (Å²) < 4.78 is 5.32. The monoisotopic (exact) mass is 243 g/mol. The van der Waals surface area contributed by atoms with E-state index in [9.17, 15) is 14.7 Å². The highest BCUT2D eigenvalue weighted by Gasteiger charge is 2.39. The van der Waals surface area contributed by atoms with Crippen molar-refractivity contribution in [1.29, 1.82) is 0 Å². The Morgan fingerprint density at radius 2 is 2.00 bits per heavy atom. The van der Waals surface area contributed by atoms with Gasteiger partial charge in [-0.2, -0.15) is 0 Å². The number of amides is 1. The fourth-order valence-corrected chi connectivity index (χ4v) is 2.12. The summed E-state index contributed by atoms with van der Waals surface area (Å²) in [6.07, 6.45) is 1.50. The van der Waals surface area contributed by atoms with Crippen LogP contribution in [0.1, 0.15) is 40.0 Å². The first-order valence-corrected chi connectivity index (χ1v) is 6.12. The number of aliphatic carboxylic acids is 1. The van der Waals surface area contributed by atoms with Crippen LogP contribution in [0.25, 0.3) is 0 Å². The maximum Gasteiger partial charge on any atom is 0.329 e. The summed E-state index contributed by atoms with van der Waals surface area (Å²) in [5.74, 6) is -1.40. The Labute approximate surface area is 102 Å². The summed E-state index contributed by atoms with van der Waals surface area (Å²) in [4.78, 5) is 23.2. The van der Waals surface area contributed by atoms with Crippen molar-refractivity contribution in [2.24, 2.45) is 5.92 Å². The third kappa shape index (κ3) is 2.97. The molecular formula is C12H21NO4. The Kier molecular flexibility index (Phi) is 4.51. The van der Waals surface area contributed by atoms with E-state index >= 15 is 0 Å². The summed E-state index contributed by atoms with van der Waals surface area (Å²) in [5, 5.41) is 11.9. The largest absolute Gasteiger partial charge is 0.480 e. The molecule has 1 aliphatic rings. The lowest BCUT2D eigenvalue weighted by Gasteiger charge is -2.29. The van der Waals surface area contributed by atoms with Crippen molar-refractivity contribution in [2.75, 3.05) is 6.61 Å². The molecule has 0 radical (unpaired) electrons. The van der Waals surface area contributed by atoms with Gasteiger partial charge in [0.25, 0.3) is 0 Å². The maximum absolute atomic E-state index is 12.0. The zero-order chi connectivity index (χ0) is 13.1. The SMILES string of the molecule is CCC(CC)(NC(=O)C1COC(C)C1)C(=O)O. The lowest BCUT2D eigenvalue weighted by Crippen LogP contribution is -2.55. The number of hydrogen-bond acceptors (Lipinski definition) is 3. The number of carboxylic acids is 1. The van der Waals surface area contributed by atoms with E-state index in [1.54, 1.807) is 13.8 Å². The van der Waals surface area contributed by atoms with Gasteiger partial charge in [0, 0.05) is 0 Å². The molecule has 98 valence electrons. The van der Waals surface area contributed by atoms with Crippen molar-refractivity contribution >= 4 is 11.9 Å². The van der Waals surface area contributed by atoms with Crippen LogP contribution in [0.3, 0.4) is 0 Å². The molecular weight excluding hydrogens is 222 g/mol. The van der Waals surface area contributed by atoms with Crippen LogP contribution in [0.2, 0.25) is 0 Å². The molecule has 5 nitrogen and oxygen atoms in total.